The lowest BCUT2D eigenvalue weighted by Crippen LogP contribution is -2.40. The van der Waals surface area contributed by atoms with E-state index in [1.54, 1.807) is 38.1 Å². The highest BCUT2D eigenvalue weighted by Crippen LogP contribution is 2.31. The van der Waals surface area contributed by atoms with Gasteiger partial charge in [0.15, 0.2) is 23.0 Å². The maximum absolute atomic E-state index is 13.1. The molecule has 2 rings (SSSR count). The van der Waals surface area contributed by atoms with Gasteiger partial charge in [-0.2, -0.15) is 0 Å². The molecule has 0 unspecified atom stereocenters. The molecule has 3 atom stereocenters. The van der Waals surface area contributed by atoms with Crippen LogP contribution in [-0.2, 0) is 19.1 Å². The first-order valence-corrected chi connectivity index (χ1v) is 12.9. The van der Waals surface area contributed by atoms with Gasteiger partial charge in [0.05, 0.1) is 13.0 Å². The number of hydrogen-bond acceptors (Lipinski definition) is 9. The van der Waals surface area contributed by atoms with Crippen LogP contribution in [0.15, 0.2) is 36.5 Å². The molecule has 9 nitrogen and oxygen atoms in total. The molecule has 0 radical (unpaired) electrons. The Balaban J connectivity index is 2.12. The molecule has 0 aliphatic heterocycles. The van der Waals surface area contributed by atoms with E-state index in [-0.39, 0.29) is 35.6 Å². The highest BCUT2D eigenvalue weighted by atomic mass is 35.5. The van der Waals surface area contributed by atoms with Crippen LogP contribution in [0.5, 0.6) is 17.2 Å². The molecule has 0 bridgehead atoms. The van der Waals surface area contributed by atoms with Gasteiger partial charge in [0.2, 0.25) is 6.79 Å². The third-order valence-corrected chi connectivity index (χ3v) is 6.33. The maximum Gasteiger partial charge on any atom is 0.309 e. The molecule has 1 aromatic heterocycles. The number of Topliss-reactive ketones (excluding diaryl/α,β-unsaturated/α-hetero) is 1. The van der Waals surface area contributed by atoms with Crippen molar-refractivity contribution in [3.63, 3.8) is 0 Å². The number of nitrogens with zero attached hydrogens (tertiary/aromatic N) is 1. The van der Waals surface area contributed by atoms with Gasteiger partial charge in [0.25, 0.3) is 0 Å². The molecule has 0 saturated heterocycles. The Labute approximate surface area is 228 Å². The highest BCUT2D eigenvalue weighted by molar-refractivity contribution is 6.30. The molecule has 0 N–H and O–H groups in total. The molecule has 0 fully saturated rings. The fourth-order valence-electron chi connectivity index (χ4n) is 3.92. The minimum atomic E-state index is -0.767. The fourth-order valence-corrected chi connectivity index (χ4v) is 4.05. The molecular weight excluding hydrogens is 514 g/mol. The number of ether oxygens (including phenoxy) is 5. The second kappa shape index (κ2) is 15.2. The molecule has 0 saturated carbocycles. The van der Waals surface area contributed by atoms with Crippen LogP contribution in [0.2, 0.25) is 5.02 Å². The first kappa shape index (κ1) is 30.9. The van der Waals surface area contributed by atoms with Gasteiger partial charge in [-0.3, -0.25) is 14.4 Å². The van der Waals surface area contributed by atoms with Gasteiger partial charge in [0, 0.05) is 30.6 Å². The van der Waals surface area contributed by atoms with Crippen LogP contribution in [0.25, 0.3) is 0 Å². The number of halogens is 1. The summed E-state index contributed by atoms with van der Waals surface area (Å²) >= 11 is 5.99. The van der Waals surface area contributed by atoms with Crippen LogP contribution in [0, 0.1) is 11.8 Å². The Morgan fingerprint density at radius 1 is 1.03 bits per heavy atom. The van der Waals surface area contributed by atoms with Crippen molar-refractivity contribution in [2.24, 2.45) is 11.8 Å². The lowest BCUT2D eigenvalue weighted by molar-refractivity contribution is -0.159. The number of carbonyl (C=O) groups excluding carboxylic acids is 3. The summed E-state index contributed by atoms with van der Waals surface area (Å²) < 4.78 is 27.5. The van der Waals surface area contributed by atoms with Crippen molar-refractivity contribution in [1.82, 2.24) is 4.98 Å². The van der Waals surface area contributed by atoms with Crippen molar-refractivity contribution in [3.05, 3.63) is 47.2 Å². The SMILES string of the molecule is CCC(CC)[C@H](Oc1ccc(Cl)cc1)[C@H](C)OC(=O)[C@H](C)CC(=O)c1nccc(OC)c1OCOC(C)=O. The van der Waals surface area contributed by atoms with E-state index in [1.165, 1.54) is 26.3 Å². The van der Waals surface area contributed by atoms with E-state index in [1.807, 2.05) is 0 Å². The molecule has 0 aliphatic carbocycles. The molecule has 0 amide bonds. The molecule has 1 aromatic carbocycles. The predicted octanol–water partition coefficient (Wildman–Crippen LogP) is 5.67. The number of hydrogen-bond donors (Lipinski definition) is 0. The largest absolute Gasteiger partial charge is 0.493 e. The van der Waals surface area contributed by atoms with E-state index >= 15 is 0 Å². The minimum absolute atomic E-state index is 0.0281. The number of carbonyl (C=O) groups is 3. The van der Waals surface area contributed by atoms with E-state index in [0.717, 1.165) is 12.8 Å². The van der Waals surface area contributed by atoms with Crippen LogP contribution in [0.4, 0.5) is 0 Å². The molecule has 38 heavy (non-hydrogen) atoms. The number of ketones is 1. The summed E-state index contributed by atoms with van der Waals surface area (Å²) in [6.07, 6.45) is 1.93. The smallest absolute Gasteiger partial charge is 0.309 e. The normalized spacial score (nSPS) is 13.3. The standard InChI is InChI=1S/C28H36ClNO8/c1-7-20(8-2)26(38-22-11-9-21(29)10-12-22)18(4)37-28(33)17(3)15-23(32)25-27(36-16-35-19(5)31)24(34-6)13-14-30-25/h9-14,17-18,20,26H,7-8,15-16H2,1-6H3/t17-,18+,26-/m1/s1. The van der Waals surface area contributed by atoms with Crippen LogP contribution in [0.1, 0.15) is 64.4 Å². The molecule has 0 aliphatic rings. The van der Waals surface area contributed by atoms with E-state index in [4.69, 9.17) is 35.3 Å². The predicted molar refractivity (Wildman–Crippen MR) is 142 cm³/mol. The third kappa shape index (κ3) is 8.90. The maximum atomic E-state index is 13.1. The Bertz CT molecular complexity index is 1070. The summed E-state index contributed by atoms with van der Waals surface area (Å²) in [6, 6.07) is 8.54. The molecule has 0 spiro atoms. The quantitative estimate of drug-likeness (QED) is 0.158. The van der Waals surface area contributed by atoms with Crippen molar-refractivity contribution in [2.45, 2.75) is 66.1 Å². The number of pyridine rings is 1. The second-order valence-electron chi connectivity index (χ2n) is 8.87. The van der Waals surface area contributed by atoms with Crippen LogP contribution in [-0.4, -0.2) is 48.8 Å². The number of methoxy groups -OCH3 is 1. The van der Waals surface area contributed by atoms with Crippen molar-refractivity contribution in [2.75, 3.05) is 13.9 Å². The monoisotopic (exact) mass is 549 g/mol. The summed E-state index contributed by atoms with van der Waals surface area (Å²) in [4.78, 5) is 41.3. The van der Waals surface area contributed by atoms with Crippen molar-refractivity contribution in [3.8, 4) is 17.2 Å². The van der Waals surface area contributed by atoms with Gasteiger partial charge in [-0.05, 0) is 49.9 Å². The van der Waals surface area contributed by atoms with E-state index in [2.05, 4.69) is 18.8 Å². The van der Waals surface area contributed by atoms with Gasteiger partial charge in [-0.15, -0.1) is 0 Å². The van der Waals surface area contributed by atoms with E-state index in [9.17, 15) is 14.4 Å². The fraction of sp³-hybridized carbons (Fsp3) is 0.500. The minimum Gasteiger partial charge on any atom is -0.493 e. The number of rotatable bonds is 15. The molecule has 10 heteroatoms. The Kier molecular flexibility index (Phi) is 12.3. The number of esters is 2. The Hall–Kier alpha value is -3.33. The second-order valence-corrected chi connectivity index (χ2v) is 9.31. The highest BCUT2D eigenvalue weighted by Gasteiger charge is 2.32. The topological polar surface area (TPSA) is 110 Å². The van der Waals surface area contributed by atoms with E-state index < -0.39 is 36.5 Å². The van der Waals surface area contributed by atoms with Gasteiger partial charge in [-0.25, -0.2) is 4.98 Å². The van der Waals surface area contributed by atoms with Crippen molar-refractivity contribution in [1.29, 1.82) is 0 Å². The van der Waals surface area contributed by atoms with Gasteiger partial charge >= 0.3 is 11.9 Å². The average molecular weight is 550 g/mol. The number of benzene rings is 1. The summed E-state index contributed by atoms with van der Waals surface area (Å²) in [6.45, 7) is 8.33. The zero-order valence-electron chi connectivity index (χ0n) is 22.7. The van der Waals surface area contributed by atoms with Gasteiger partial charge in [-0.1, -0.05) is 32.4 Å². The van der Waals surface area contributed by atoms with Gasteiger partial charge in [0.1, 0.15) is 18.0 Å². The lowest BCUT2D eigenvalue weighted by atomic mass is 9.92. The lowest BCUT2D eigenvalue weighted by Gasteiger charge is -2.31. The summed E-state index contributed by atoms with van der Waals surface area (Å²) in [5.41, 5.74) is -0.0369. The van der Waals surface area contributed by atoms with Crippen LogP contribution in [0.3, 0.4) is 0 Å². The molecule has 208 valence electrons. The first-order chi connectivity index (χ1) is 18.1. The summed E-state index contributed by atoms with van der Waals surface area (Å²) in [5, 5.41) is 0.597. The van der Waals surface area contributed by atoms with E-state index in [0.29, 0.717) is 10.8 Å². The summed E-state index contributed by atoms with van der Waals surface area (Å²) in [7, 11) is 1.41. The first-order valence-electron chi connectivity index (χ1n) is 12.6. The third-order valence-electron chi connectivity index (χ3n) is 6.08. The van der Waals surface area contributed by atoms with Crippen LogP contribution < -0.4 is 14.2 Å². The summed E-state index contributed by atoms with van der Waals surface area (Å²) in [5.74, 6) is -1.26. The van der Waals surface area contributed by atoms with Crippen molar-refractivity contribution >= 4 is 29.3 Å². The zero-order valence-corrected chi connectivity index (χ0v) is 23.4. The molecule has 2 aromatic rings. The van der Waals surface area contributed by atoms with Gasteiger partial charge < -0.3 is 23.7 Å². The molecular formula is C28H36ClNO8. The average Bonchev–Trinajstić information content (AvgIpc) is 2.89. The molecule has 1 heterocycles. The van der Waals surface area contributed by atoms with Crippen LogP contribution >= 0.6 is 11.6 Å². The van der Waals surface area contributed by atoms with Crippen molar-refractivity contribution < 1.29 is 38.1 Å². The Morgan fingerprint density at radius 2 is 1.68 bits per heavy atom. The Morgan fingerprint density at radius 3 is 2.26 bits per heavy atom. The zero-order chi connectivity index (χ0) is 28.2. The number of aromatic nitrogens is 1.